The normalized spacial score (nSPS) is 19.9. The average Bonchev–Trinajstić information content (AvgIpc) is 2.95. The topological polar surface area (TPSA) is 38.8 Å². The number of nitrogens with one attached hydrogen (secondary N) is 1. The SMILES string of the molecule is CNC(=O)N1CCN(C(c2ccc(Cl)cc2)C2CCN(C)CC2)CC1(c1ccccc1)c1ccccc1. The van der Waals surface area contributed by atoms with Crippen molar-refractivity contribution in [2.45, 2.75) is 24.4 Å². The number of benzene rings is 3. The van der Waals surface area contributed by atoms with E-state index in [9.17, 15) is 4.79 Å². The third-order valence-corrected chi connectivity index (χ3v) is 8.53. The summed E-state index contributed by atoms with van der Waals surface area (Å²) in [4.78, 5) is 20.5. The number of hydrogen-bond donors (Lipinski definition) is 1. The number of likely N-dealkylation sites (tertiary alicyclic amines) is 1. The lowest BCUT2D eigenvalue weighted by Crippen LogP contribution is -2.64. The Morgan fingerprint density at radius 2 is 1.43 bits per heavy atom. The minimum Gasteiger partial charge on any atom is -0.341 e. The second-order valence-corrected chi connectivity index (χ2v) is 10.8. The summed E-state index contributed by atoms with van der Waals surface area (Å²) in [6.45, 7) is 4.38. The van der Waals surface area contributed by atoms with Gasteiger partial charge in [-0.3, -0.25) is 4.90 Å². The van der Waals surface area contributed by atoms with Crippen molar-refractivity contribution >= 4 is 17.6 Å². The molecular weight excluding hydrogens is 480 g/mol. The van der Waals surface area contributed by atoms with E-state index in [4.69, 9.17) is 11.6 Å². The fraction of sp³-hybridized carbons (Fsp3) is 0.387. The third-order valence-electron chi connectivity index (χ3n) is 8.28. The Hall–Kier alpha value is -2.86. The molecule has 2 amide bonds. The second kappa shape index (κ2) is 11.3. The van der Waals surface area contributed by atoms with Crippen LogP contribution < -0.4 is 5.32 Å². The maximum absolute atomic E-state index is 13.4. The van der Waals surface area contributed by atoms with Gasteiger partial charge in [0, 0.05) is 37.7 Å². The van der Waals surface area contributed by atoms with Crippen LogP contribution in [0, 0.1) is 5.92 Å². The van der Waals surface area contributed by atoms with E-state index in [1.807, 2.05) is 29.2 Å². The van der Waals surface area contributed by atoms with Gasteiger partial charge in [-0.05, 0) is 67.7 Å². The zero-order valence-corrected chi connectivity index (χ0v) is 22.6. The smallest absolute Gasteiger partial charge is 0.318 e. The third kappa shape index (κ3) is 5.13. The van der Waals surface area contributed by atoms with Gasteiger partial charge in [0.15, 0.2) is 0 Å². The van der Waals surface area contributed by atoms with Crippen LogP contribution in [0.3, 0.4) is 0 Å². The first-order valence-corrected chi connectivity index (χ1v) is 13.7. The Morgan fingerprint density at radius 1 is 0.865 bits per heavy atom. The maximum atomic E-state index is 13.4. The number of nitrogens with zero attached hydrogens (tertiary/aromatic N) is 3. The quantitative estimate of drug-likeness (QED) is 0.478. The molecule has 1 unspecified atom stereocenters. The zero-order chi connectivity index (χ0) is 25.8. The summed E-state index contributed by atoms with van der Waals surface area (Å²) in [5.41, 5.74) is 2.96. The van der Waals surface area contributed by atoms with E-state index in [-0.39, 0.29) is 12.1 Å². The van der Waals surface area contributed by atoms with Gasteiger partial charge in [-0.15, -0.1) is 0 Å². The highest BCUT2D eigenvalue weighted by atomic mass is 35.5. The van der Waals surface area contributed by atoms with E-state index in [1.165, 1.54) is 5.56 Å². The molecule has 2 aliphatic heterocycles. The molecule has 2 aliphatic rings. The van der Waals surface area contributed by atoms with Gasteiger partial charge in [0.05, 0.1) is 0 Å². The van der Waals surface area contributed by atoms with Crippen molar-refractivity contribution in [2.24, 2.45) is 5.92 Å². The molecule has 37 heavy (non-hydrogen) atoms. The number of rotatable bonds is 5. The summed E-state index contributed by atoms with van der Waals surface area (Å²) in [7, 11) is 3.94. The van der Waals surface area contributed by atoms with Gasteiger partial charge in [0.2, 0.25) is 0 Å². The standard InChI is InChI=1S/C31H37ClN4O/c1-33-30(37)36-22-21-35(23-31(36,26-9-5-3-6-10-26)27-11-7-4-8-12-27)29(24-13-15-28(32)16-14-24)25-17-19-34(2)20-18-25/h3-16,25,29H,17-23H2,1-2H3,(H,33,37). The van der Waals surface area contributed by atoms with E-state index in [0.29, 0.717) is 19.0 Å². The molecule has 0 aromatic heterocycles. The number of hydrogen-bond acceptors (Lipinski definition) is 3. The highest BCUT2D eigenvalue weighted by molar-refractivity contribution is 6.30. The number of carbonyl (C=O) groups excluding carboxylic acids is 1. The zero-order valence-electron chi connectivity index (χ0n) is 21.8. The van der Waals surface area contributed by atoms with Crippen molar-refractivity contribution in [1.29, 1.82) is 0 Å². The van der Waals surface area contributed by atoms with Crippen molar-refractivity contribution in [3.8, 4) is 0 Å². The van der Waals surface area contributed by atoms with E-state index in [1.54, 1.807) is 7.05 Å². The molecule has 1 atom stereocenters. The van der Waals surface area contributed by atoms with Crippen LogP contribution in [0.5, 0.6) is 0 Å². The van der Waals surface area contributed by atoms with E-state index in [2.05, 4.69) is 82.8 Å². The molecule has 0 bridgehead atoms. The van der Waals surface area contributed by atoms with E-state index < -0.39 is 5.54 Å². The van der Waals surface area contributed by atoms with Gasteiger partial charge in [-0.2, -0.15) is 0 Å². The van der Waals surface area contributed by atoms with Gasteiger partial charge in [-0.1, -0.05) is 84.4 Å². The lowest BCUT2D eigenvalue weighted by molar-refractivity contribution is -0.00120. The Balaban J connectivity index is 1.63. The minimum atomic E-state index is -0.614. The van der Waals surface area contributed by atoms with E-state index in [0.717, 1.165) is 48.6 Å². The lowest BCUT2D eigenvalue weighted by atomic mass is 9.77. The molecule has 1 N–H and O–H groups in total. The largest absolute Gasteiger partial charge is 0.341 e. The molecule has 6 heteroatoms. The summed E-state index contributed by atoms with van der Waals surface area (Å²) in [5.74, 6) is 0.535. The number of piperidine rings is 1. The number of carbonyl (C=O) groups is 1. The fourth-order valence-corrected chi connectivity index (χ4v) is 6.52. The van der Waals surface area contributed by atoms with Gasteiger partial charge in [-0.25, -0.2) is 4.79 Å². The predicted octanol–water partition coefficient (Wildman–Crippen LogP) is 5.62. The van der Waals surface area contributed by atoms with Crippen molar-refractivity contribution in [2.75, 3.05) is 46.8 Å². The summed E-state index contributed by atoms with van der Waals surface area (Å²) in [6, 6.07) is 29.7. The van der Waals surface area contributed by atoms with Crippen molar-refractivity contribution < 1.29 is 4.79 Å². The first kappa shape index (κ1) is 25.8. The predicted molar refractivity (Wildman–Crippen MR) is 151 cm³/mol. The number of urea groups is 1. The average molecular weight is 517 g/mol. The van der Waals surface area contributed by atoms with Crippen molar-refractivity contribution in [3.05, 3.63) is 107 Å². The van der Waals surface area contributed by atoms with Crippen LogP contribution in [-0.4, -0.2) is 67.5 Å². The molecule has 0 aliphatic carbocycles. The van der Waals surface area contributed by atoms with Gasteiger partial charge in [0.1, 0.15) is 5.54 Å². The molecule has 5 nitrogen and oxygen atoms in total. The fourth-order valence-electron chi connectivity index (χ4n) is 6.40. The highest BCUT2D eigenvalue weighted by Gasteiger charge is 2.49. The Kier molecular flexibility index (Phi) is 7.84. The second-order valence-electron chi connectivity index (χ2n) is 10.4. The number of amides is 2. The Labute approximate surface area is 226 Å². The van der Waals surface area contributed by atoms with Gasteiger partial charge < -0.3 is 15.1 Å². The summed E-state index contributed by atoms with van der Waals surface area (Å²) in [6.07, 6.45) is 2.31. The molecule has 2 saturated heterocycles. The van der Waals surface area contributed by atoms with Gasteiger partial charge in [0.25, 0.3) is 0 Å². The number of piperazine rings is 1. The summed E-state index contributed by atoms with van der Waals surface area (Å²) < 4.78 is 0. The van der Waals surface area contributed by atoms with Crippen LogP contribution in [0.4, 0.5) is 4.79 Å². The summed E-state index contributed by atoms with van der Waals surface area (Å²) in [5, 5.41) is 3.69. The number of halogens is 1. The van der Waals surface area contributed by atoms with Crippen LogP contribution in [0.2, 0.25) is 5.02 Å². The summed E-state index contributed by atoms with van der Waals surface area (Å²) >= 11 is 6.31. The highest BCUT2D eigenvalue weighted by Crippen LogP contribution is 2.44. The molecule has 194 valence electrons. The molecule has 5 rings (SSSR count). The Bertz CT molecular complexity index is 1120. The Morgan fingerprint density at radius 3 is 1.97 bits per heavy atom. The molecule has 2 heterocycles. The molecule has 0 radical (unpaired) electrons. The molecular formula is C31H37ClN4O. The van der Waals surface area contributed by atoms with Crippen molar-refractivity contribution in [3.63, 3.8) is 0 Å². The van der Waals surface area contributed by atoms with Crippen LogP contribution in [0.15, 0.2) is 84.9 Å². The molecule has 2 fully saturated rings. The molecule has 3 aromatic rings. The molecule has 3 aromatic carbocycles. The molecule has 0 spiro atoms. The lowest BCUT2D eigenvalue weighted by Gasteiger charge is -2.54. The van der Waals surface area contributed by atoms with Crippen LogP contribution >= 0.6 is 11.6 Å². The van der Waals surface area contributed by atoms with Crippen LogP contribution in [-0.2, 0) is 5.54 Å². The van der Waals surface area contributed by atoms with E-state index >= 15 is 0 Å². The van der Waals surface area contributed by atoms with Crippen LogP contribution in [0.25, 0.3) is 0 Å². The van der Waals surface area contributed by atoms with Gasteiger partial charge >= 0.3 is 6.03 Å². The van der Waals surface area contributed by atoms with Crippen molar-refractivity contribution in [1.82, 2.24) is 20.0 Å². The molecule has 0 saturated carbocycles. The maximum Gasteiger partial charge on any atom is 0.318 e. The van der Waals surface area contributed by atoms with Crippen LogP contribution in [0.1, 0.15) is 35.6 Å². The monoisotopic (exact) mass is 516 g/mol. The minimum absolute atomic E-state index is 0.0466. The first-order valence-electron chi connectivity index (χ1n) is 13.3. The first-order chi connectivity index (χ1) is 18.0.